The SMILES string of the molecule is CC.Cc1cc(C)n(N)c(=N)c1. The van der Waals surface area contributed by atoms with Crippen molar-refractivity contribution in [3.63, 3.8) is 0 Å². The first-order valence-corrected chi connectivity index (χ1v) is 4.11. The molecule has 0 aromatic carbocycles. The molecule has 0 unspecified atom stereocenters. The maximum Gasteiger partial charge on any atom is 0.143 e. The van der Waals surface area contributed by atoms with Crippen LogP contribution in [0.1, 0.15) is 25.1 Å². The zero-order valence-corrected chi connectivity index (χ0v) is 8.18. The predicted octanol–water partition coefficient (Wildman–Crippen LogP) is 1.32. The number of nitrogens with one attached hydrogen (secondary N) is 1. The summed E-state index contributed by atoms with van der Waals surface area (Å²) in [6.07, 6.45) is 0. The van der Waals surface area contributed by atoms with Crippen molar-refractivity contribution in [3.8, 4) is 0 Å². The Morgan fingerprint density at radius 2 is 1.75 bits per heavy atom. The minimum Gasteiger partial charge on any atom is -0.338 e. The Bertz CT molecular complexity index is 299. The average Bonchev–Trinajstić information content (AvgIpc) is 2.04. The van der Waals surface area contributed by atoms with Gasteiger partial charge in [-0.2, -0.15) is 0 Å². The number of pyridine rings is 1. The molecule has 0 aliphatic rings. The first-order chi connectivity index (χ1) is 5.61. The smallest absolute Gasteiger partial charge is 0.143 e. The summed E-state index contributed by atoms with van der Waals surface area (Å²) in [6, 6.07) is 3.67. The lowest BCUT2D eigenvalue weighted by molar-refractivity contribution is 0.835. The van der Waals surface area contributed by atoms with Crippen molar-refractivity contribution in [2.75, 3.05) is 5.84 Å². The fourth-order valence-corrected chi connectivity index (χ4v) is 0.916. The molecule has 1 heterocycles. The maximum atomic E-state index is 7.34. The largest absolute Gasteiger partial charge is 0.338 e. The summed E-state index contributed by atoms with van der Waals surface area (Å²) in [5.41, 5.74) is 2.33. The van der Waals surface area contributed by atoms with E-state index in [1.165, 1.54) is 4.68 Å². The van der Waals surface area contributed by atoms with Crippen molar-refractivity contribution in [2.24, 2.45) is 0 Å². The summed E-state index contributed by atoms with van der Waals surface area (Å²) < 4.78 is 1.35. The fraction of sp³-hybridized carbons (Fsp3) is 0.444. The van der Waals surface area contributed by atoms with Crippen LogP contribution in [0, 0.1) is 19.3 Å². The van der Waals surface area contributed by atoms with Gasteiger partial charge in [-0.25, -0.2) is 4.68 Å². The molecule has 68 valence electrons. The fourth-order valence-electron chi connectivity index (χ4n) is 0.916. The van der Waals surface area contributed by atoms with E-state index in [2.05, 4.69) is 0 Å². The standard InChI is InChI=1S/C7H11N3.C2H6/c1-5-3-6(2)10(9)7(8)4-5;1-2/h3-4,8H,9H2,1-2H3;1-2H3. The molecule has 0 saturated heterocycles. The average molecular weight is 167 g/mol. The quantitative estimate of drug-likeness (QED) is 0.563. The number of rotatable bonds is 0. The molecule has 0 spiro atoms. The zero-order valence-electron chi connectivity index (χ0n) is 8.18. The Morgan fingerprint density at radius 1 is 1.25 bits per heavy atom. The first-order valence-electron chi connectivity index (χ1n) is 4.11. The van der Waals surface area contributed by atoms with Gasteiger partial charge in [-0.15, -0.1) is 0 Å². The molecule has 0 radical (unpaired) electrons. The van der Waals surface area contributed by atoms with E-state index in [1.54, 1.807) is 6.07 Å². The molecule has 1 aromatic rings. The Morgan fingerprint density at radius 3 is 2.17 bits per heavy atom. The van der Waals surface area contributed by atoms with Crippen LogP contribution in [0.4, 0.5) is 0 Å². The lowest BCUT2D eigenvalue weighted by Gasteiger charge is -2.03. The third kappa shape index (κ3) is 2.42. The maximum absolute atomic E-state index is 7.34. The van der Waals surface area contributed by atoms with Crippen LogP contribution in [-0.4, -0.2) is 4.68 Å². The van der Waals surface area contributed by atoms with Crippen LogP contribution in [0.5, 0.6) is 0 Å². The molecule has 0 saturated carbocycles. The van der Waals surface area contributed by atoms with E-state index >= 15 is 0 Å². The molecular weight excluding hydrogens is 150 g/mol. The molecule has 1 rings (SSSR count). The van der Waals surface area contributed by atoms with Crippen molar-refractivity contribution < 1.29 is 0 Å². The van der Waals surface area contributed by atoms with Gasteiger partial charge in [0.1, 0.15) is 5.49 Å². The van der Waals surface area contributed by atoms with E-state index < -0.39 is 0 Å². The molecule has 0 atom stereocenters. The molecule has 3 nitrogen and oxygen atoms in total. The van der Waals surface area contributed by atoms with Gasteiger partial charge in [-0.3, -0.25) is 5.41 Å². The molecule has 0 aliphatic heterocycles. The number of nitrogens with zero attached hydrogens (tertiary/aromatic N) is 1. The van der Waals surface area contributed by atoms with Crippen molar-refractivity contribution in [1.82, 2.24) is 4.68 Å². The van der Waals surface area contributed by atoms with Gasteiger partial charge in [0.05, 0.1) is 0 Å². The number of hydrogen-bond acceptors (Lipinski definition) is 2. The van der Waals surface area contributed by atoms with Gasteiger partial charge in [-0.1, -0.05) is 13.8 Å². The van der Waals surface area contributed by atoms with Crippen LogP contribution in [-0.2, 0) is 0 Å². The van der Waals surface area contributed by atoms with E-state index in [4.69, 9.17) is 11.3 Å². The van der Waals surface area contributed by atoms with E-state index in [0.717, 1.165) is 11.3 Å². The molecule has 0 fully saturated rings. The molecular formula is C9H17N3. The summed E-state index contributed by atoms with van der Waals surface area (Å²) in [5, 5.41) is 7.34. The third-order valence-corrected chi connectivity index (χ3v) is 1.44. The number of aromatic nitrogens is 1. The highest BCUT2D eigenvalue weighted by Crippen LogP contribution is 1.94. The molecule has 0 aliphatic carbocycles. The summed E-state index contributed by atoms with van der Waals surface area (Å²) in [4.78, 5) is 0. The highest BCUT2D eigenvalue weighted by molar-refractivity contribution is 5.14. The molecule has 12 heavy (non-hydrogen) atoms. The highest BCUT2D eigenvalue weighted by atomic mass is 15.3. The van der Waals surface area contributed by atoms with E-state index in [0.29, 0.717) is 5.49 Å². The van der Waals surface area contributed by atoms with Gasteiger partial charge in [-0.05, 0) is 31.5 Å². The second kappa shape index (κ2) is 4.59. The monoisotopic (exact) mass is 167 g/mol. The molecule has 0 bridgehead atoms. The van der Waals surface area contributed by atoms with Crippen LogP contribution in [0.25, 0.3) is 0 Å². The van der Waals surface area contributed by atoms with Crippen molar-refractivity contribution in [2.45, 2.75) is 27.7 Å². The Kier molecular flexibility index (Phi) is 4.11. The Labute approximate surface area is 73.3 Å². The molecule has 0 amide bonds. The van der Waals surface area contributed by atoms with Crippen LogP contribution < -0.4 is 11.3 Å². The summed E-state index contributed by atoms with van der Waals surface area (Å²) in [6.45, 7) is 7.83. The second-order valence-corrected chi connectivity index (χ2v) is 2.43. The normalized spacial score (nSPS) is 8.67. The highest BCUT2D eigenvalue weighted by Gasteiger charge is 1.91. The van der Waals surface area contributed by atoms with Gasteiger partial charge in [0, 0.05) is 5.69 Å². The first kappa shape index (κ1) is 10.8. The van der Waals surface area contributed by atoms with E-state index in [-0.39, 0.29) is 0 Å². The van der Waals surface area contributed by atoms with Crippen LogP contribution >= 0.6 is 0 Å². The van der Waals surface area contributed by atoms with Gasteiger partial charge in [0.25, 0.3) is 0 Å². The summed E-state index contributed by atoms with van der Waals surface area (Å²) >= 11 is 0. The topological polar surface area (TPSA) is 54.8 Å². The summed E-state index contributed by atoms with van der Waals surface area (Å²) in [5.74, 6) is 5.48. The van der Waals surface area contributed by atoms with Crippen molar-refractivity contribution >= 4 is 0 Å². The number of hydrogen-bond donors (Lipinski definition) is 2. The minimum atomic E-state index is 0.345. The summed E-state index contributed by atoms with van der Waals surface area (Å²) in [7, 11) is 0. The van der Waals surface area contributed by atoms with Crippen LogP contribution in [0.3, 0.4) is 0 Å². The number of nitrogens with two attached hydrogens (primary N) is 1. The molecule has 3 heteroatoms. The third-order valence-electron chi connectivity index (χ3n) is 1.44. The van der Waals surface area contributed by atoms with Crippen LogP contribution in [0.15, 0.2) is 12.1 Å². The molecule has 3 N–H and O–H groups in total. The Hall–Kier alpha value is -1.25. The molecule has 1 aromatic heterocycles. The van der Waals surface area contributed by atoms with Gasteiger partial charge in [0.15, 0.2) is 0 Å². The zero-order chi connectivity index (χ0) is 9.72. The predicted molar refractivity (Wildman–Crippen MR) is 51.3 cm³/mol. The van der Waals surface area contributed by atoms with Crippen LogP contribution in [0.2, 0.25) is 0 Å². The Balaban J connectivity index is 0.000000561. The number of aryl methyl sites for hydroxylation is 2. The van der Waals surface area contributed by atoms with E-state index in [9.17, 15) is 0 Å². The van der Waals surface area contributed by atoms with E-state index in [1.807, 2.05) is 33.8 Å². The lowest BCUT2D eigenvalue weighted by atomic mass is 10.2. The number of nitrogen functional groups attached to an aromatic ring is 1. The van der Waals surface area contributed by atoms with Crippen molar-refractivity contribution in [1.29, 1.82) is 5.41 Å². The van der Waals surface area contributed by atoms with Gasteiger partial charge >= 0.3 is 0 Å². The second-order valence-electron chi connectivity index (χ2n) is 2.43. The van der Waals surface area contributed by atoms with Gasteiger partial charge < -0.3 is 5.84 Å². The van der Waals surface area contributed by atoms with Crippen molar-refractivity contribution in [3.05, 3.63) is 28.9 Å². The minimum absolute atomic E-state index is 0.345. The van der Waals surface area contributed by atoms with Gasteiger partial charge in [0.2, 0.25) is 0 Å². The lowest BCUT2D eigenvalue weighted by Crippen LogP contribution is -2.28.